The molecule has 9 nitrogen and oxygen atoms in total. The number of benzene rings is 1. The molecule has 10 heteroatoms. The minimum Gasteiger partial charge on any atom is -0.444 e. The molecular formula is C31H38FN5O4. The second kappa shape index (κ2) is 9.01. The molecule has 5 atom stereocenters. The lowest BCUT2D eigenvalue weighted by molar-refractivity contribution is 0.0638. The number of hydrogen-bond donors (Lipinski definition) is 0. The third-order valence-electron chi connectivity index (χ3n) is 11.4. The molecule has 4 aliphatic heterocycles. The van der Waals surface area contributed by atoms with Crippen LogP contribution in [0.2, 0.25) is 0 Å². The highest BCUT2D eigenvalue weighted by atomic mass is 19.1. The van der Waals surface area contributed by atoms with Crippen LogP contribution in [0.5, 0.6) is 0 Å². The fourth-order valence-electron chi connectivity index (χ4n) is 9.13. The van der Waals surface area contributed by atoms with Crippen molar-refractivity contribution in [2.24, 2.45) is 13.0 Å². The highest BCUT2D eigenvalue weighted by molar-refractivity contribution is 6.06. The minimum atomic E-state index is -0.262. The van der Waals surface area contributed by atoms with Gasteiger partial charge in [-0.15, -0.1) is 0 Å². The van der Waals surface area contributed by atoms with Crippen molar-refractivity contribution in [3.8, 4) is 0 Å². The van der Waals surface area contributed by atoms with Gasteiger partial charge in [-0.3, -0.25) is 14.4 Å². The van der Waals surface area contributed by atoms with Crippen LogP contribution in [-0.2, 0) is 21.9 Å². The molecule has 1 aromatic carbocycles. The van der Waals surface area contributed by atoms with E-state index in [0.717, 1.165) is 68.6 Å². The summed E-state index contributed by atoms with van der Waals surface area (Å²) in [6, 6.07) is 7.44. The van der Waals surface area contributed by atoms with Crippen LogP contribution in [0.3, 0.4) is 0 Å². The van der Waals surface area contributed by atoms with Gasteiger partial charge in [0, 0.05) is 42.9 Å². The third kappa shape index (κ3) is 3.75. The molecule has 8 rings (SSSR count). The van der Waals surface area contributed by atoms with E-state index in [4.69, 9.17) is 9.47 Å². The van der Waals surface area contributed by atoms with Crippen molar-refractivity contribution in [2.45, 2.75) is 81.0 Å². The maximum absolute atomic E-state index is 14.6. The summed E-state index contributed by atoms with van der Waals surface area (Å²) < 4.78 is 27.5. The Labute approximate surface area is 239 Å². The molecular weight excluding hydrogens is 525 g/mol. The number of ether oxygens (including phenoxy) is 2. The number of carbonyl (C=O) groups is 2. The fraction of sp³-hybridized carbons (Fsp3) is 0.645. The van der Waals surface area contributed by atoms with Gasteiger partial charge >= 0.3 is 6.09 Å². The van der Waals surface area contributed by atoms with Crippen LogP contribution < -0.4 is 4.90 Å². The molecule has 0 bridgehead atoms. The Hall–Kier alpha value is -2.98. The molecule has 2 aliphatic carbocycles. The van der Waals surface area contributed by atoms with E-state index in [1.54, 1.807) is 16.8 Å². The van der Waals surface area contributed by atoms with Gasteiger partial charge in [0.15, 0.2) is 5.69 Å². The van der Waals surface area contributed by atoms with Crippen molar-refractivity contribution in [3.63, 3.8) is 0 Å². The van der Waals surface area contributed by atoms with E-state index in [0.29, 0.717) is 43.5 Å². The van der Waals surface area contributed by atoms with E-state index in [-0.39, 0.29) is 34.9 Å². The van der Waals surface area contributed by atoms with Gasteiger partial charge in [0.25, 0.3) is 5.91 Å². The number of amides is 2. The maximum atomic E-state index is 14.6. The number of halogens is 1. The number of piperidine rings is 2. The summed E-state index contributed by atoms with van der Waals surface area (Å²) in [7, 11) is 1.84. The number of rotatable bonds is 3. The maximum Gasteiger partial charge on any atom is 0.411 e. The standard InChI is InChI=1S/C31H38FN5O4/c1-19-13-25(33-34(19)2)28(38)36-18-30(24-15-21(32)4-5-26(24)36)8-10-35(11-9-30)22-14-20-3-6-27-31(20,16-22)37(27)29(39)41-23-7-12-40-17-23/h4-5,13,15,20,22-23,27H,3,6-12,14,16-18H2,1-2H3/t20?,22?,23-,27?,31?,37?/m0/s1. The molecule has 2 spiro atoms. The van der Waals surface area contributed by atoms with E-state index in [1.165, 1.54) is 12.5 Å². The molecule has 41 heavy (non-hydrogen) atoms. The summed E-state index contributed by atoms with van der Waals surface area (Å²) in [5, 5.41) is 4.43. The van der Waals surface area contributed by atoms with Crippen LogP contribution in [0.4, 0.5) is 14.9 Å². The highest BCUT2D eigenvalue weighted by Gasteiger charge is 2.75. The number of likely N-dealkylation sites (tertiary alicyclic amines) is 2. The monoisotopic (exact) mass is 563 g/mol. The van der Waals surface area contributed by atoms with Gasteiger partial charge < -0.3 is 19.3 Å². The molecule has 0 radical (unpaired) electrons. The largest absolute Gasteiger partial charge is 0.444 e. The molecule has 2 saturated carbocycles. The van der Waals surface area contributed by atoms with Crippen molar-refractivity contribution in [3.05, 3.63) is 47.0 Å². The molecule has 1 aromatic heterocycles. The Bertz CT molecular complexity index is 1390. The normalized spacial score (nSPS) is 33.2. The minimum absolute atomic E-state index is 0.0243. The molecule has 6 aliphatic rings. The first kappa shape index (κ1) is 25.7. The Morgan fingerprint density at radius 3 is 2.71 bits per heavy atom. The van der Waals surface area contributed by atoms with Gasteiger partial charge in [-0.25, -0.2) is 9.18 Å². The number of carbonyl (C=O) groups excluding carboxylic acids is 2. The predicted octanol–water partition coefficient (Wildman–Crippen LogP) is 3.78. The lowest BCUT2D eigenvalue weighted by Crippen LogP contribution is -2.49. The van der Waals surface area contributed by atoms with Crippen molar-refractivity contribution >= 4 is 17.7 Å². The van der Waals surface area contributed by atoms with Gasteiger partial charge in [-0.05, 0) is 94.3 Å². The van der Waals surface area contributed by atoms with Gasteiger partial charge in [0.1, 0.15) is 11.9 Å². The van der Waals surface area contributed by atoms with Gasteiger partial charge in [-0.1, -0.05) is 0 Å². The number of aromatic nitrogens is 2. The zero-order valence-electron chi connectivity index (χ0n) is 23.9. The van der Waals surface area contributed by atoms with Crippen LogP contribution in [0.1, 0.15) is 66.7 Å². The molecule has 218 valence electrons. The summed E-state index contributed by atoms with van der Waals surface area (Å²) in [5.74, 6) is 0.156. The topological polar surface area (TPSA) is 79.9 Å². The molecule has 2 aromatic rings. The summed E-state index contributed by atoms with van der Waals surface area (Å²) in [4.78, 5) is 33.2. The zero-order chi connectivity index (χ0) is 28.1. The van der Waals surface area contributed by atoms with Crippen molar-refractivity contribution < 1.29 is 23.5 Å². The van der Waals surface area contributed by atoms with Crippen LogP contribution >= 0.6 is 0 Å². The van der Waals surface area contributed by atoms with Crippen molar-refractivity contribution in [2.75, 3.05) is 37.7 Å². The van der Waals surface area contributed by atoms with Crippen molar-refractivity contribution in [1.82, 2.24) is 19.6 Å². The number of aryl methyl sites for hydroxylation is 2. The SMILES string of the molecule is Cc1cc(C(=O)N2CC3(CCN(C4CC5CCC6N(C(=O)O[C@H]7CCOC7)C56C4)CC3)c3cc(F)ccc32)nn1C. The Morgan fingerprint density at radius 2 is 1.98 bits per heavy atom. The average molecular weight is 564 g/mol. The summed E-state index contributed by atoms with van der Waals surface area (Å²) in [5.41, 5.74) is 2.82. The summed E-state index contributed by atoms with van der Waals surface area (Å²) >= 11 is 0. The predicted molar refractivity (Wildman–Crippen MR) is 148 cm³/mol. The van der Waals surface area contributed by atoms with Crippen LogP contribution in [0.15, 0.2) is 24.3 Å². The quantitative estimate of drug-likeness (QED) is 0.529. The number of fused-ring (bicyclic) bond motifs is 2. The summed E-state index contributed by atoms with van der Waals surface area (Å²) in [6.07, 6.45) is 6.68. The van der Waals surface area contributed by atoms with Gasteiger partial charge in [-0.2, -0.15) is 5.10 Å². The fourth-order valence-corrected chi connectivity index (χ4v) is 9.13. The van der Waals surface area contributed by atoms with Gasteiger partial charge in [0.2, 0.25) is 0 Å². The summed E-state index contributed by atoms with van der Waals surface area (Å²) in [6.45, 7) is 5.47. The molecule has 5 fully saturated rings. The molecule has 0 N–H and O–H groups in total. The smallest absolute Gasteiger partial charge is 0.411 e. The third-order valence-corrected chi connectivity index (χ3v) is 11.4. The van der Waals surface area contributed by atoms with Gasteiger partial charge in [0.05, 0.1) is 24.8 Å². The first-order chi connectivity index (χ1) is 19.8. The lowest BCUT2D eigenvalue weighted by Gasteiger charge is -2.42. The Balaban J connectivity index is 0.973. The Kier molecular flexibility index (Phi) is 5.65. The van der Waals surface area contributed by atoms with Crippen LogP contribution in [0.25, 0.3) is 0 Å². The van der Waals surface area contributed by atoms with E-state index >= 15 is 0 Å². The Morgan fingerprint density at radius 1 is 1.15 bits per heavy atom. The van der Waals surface area contributed by atoms with E-state index in [9.17, 15) is 14.0 Å². The second-order valence-corrected chi connectivity index (χ2v) is 13.3. The molecule has 3 saturated heterocycles. The number of anilines is 1. The van der Waals surface area contributed by atoms with E-state index < -0.39 is 0 Å². The zero-order valence-corrected chi connectivity index (χ0v) is 23.9. The van der Waals surface area contributed by atoms with E-state index in [1.807, 2.05) is 24.9 Å². The second-order valence-electron chi connectivity index (χ2n) is 13.3. The van der Waals surface area contributed by atoms with Crippen molar-refractivity contribution in [1.29, 1.82) is 0 Å². The first-order valence-electron chi connectivity index (χ1n) is 15.2. The molecule has 4 unspecified atom stereocenters. The van der Waals surface area contributed by atoms with Crippen LogP contribution in [-0.4, -0.2) is 88.2 Å². The van der Waals surface area contributed by atoms with E-state index in [2.05, 4.69) is 14.9 Å². The van der Waals surface area contributed by atoms with Crippen LogP contribution in [0, 0.1) is 18.7 Å². The average Bonchev–Trinajstić information content (AvgIpc) is 3.57. The lowest BCUT2D eigenvalue weighted by atomic mass is 9.74. The highest BCUT2D eigenvalue weighted by Crippen LogP contribution is 2.65. The number of nitrogens with zero attached hydrogens (tertiary/aromatic N) is 5. The number of hydrogen-bond acceptors (Lipinski definition) is 6. The first-order valence-corrected chi connectivity index (χ1v) is 15.2. The molecule has 5 heterocycles. The molecule has 2 amide bonds.